The number of benzene rings is 1. The Morgan fingerprint density at radius 2 is 2.00 bits per heavy atom. The lowest BCUT2D eigenvalue weighted by Crippen LogP contribution is -2.30. The van der Waals surface area contributed by atoms with Crippen molar-refractivity contribution in [3.8, 4) is 0 Å². The summed E-state index contributed by atoms with van der Waals surface area (Å²) in [5, 5.41) is 2.70. The van der Waals surface area contributed by atoms with E-state index in [-0.39, 0.29) is 17.9 Å². The first-order valence-corrected chi connectivity index (χ1v) is 6.66. The molecule has 4 nitrogen and oxygen atoms in total. The molecule has 0 aliphatic rings. The molecule has 0 heterocycles. The fraction of sp³-hybridized carbons (Fsp3) is 0.400. The summed E-state index contributed by atoms with van der Waals surface area (Å²) in [5.41, 5.74) is 0.111. The van der Waals surface area contributed by atoms with E-state index in [0.29, 0.717) is 6.54 Å². The van der Waals surface area contributed by atoms with Crippen molar-refractivity contribution in [1.82, 2.24) is 10.0 Å². The average molecular weight is 264 g/mol. The van der Waals surface area contributed by atoms with Crippen LogP contribution in [0.1, 0.15) is 5.56 Å². The van der Waals surface area contributed by atoms with Crippen molar-refractivity contribution in [3.63, 3.8) is 0 Å². The summed E-state index contributed by atoms with van der Waals surface area (Å²) < 4.78 is 50.8. The van der Waals surface area contributed by atoms with Gasteiger partial charge in [0.2, 0.25) is 10.0 Å². The molecule has 0 spiro atoms. The number of sulfonamides is 1. The molecule has 0 radical (unpaired) electrons. The highest BCUT2D eigenvalue weighted by molar-refractivity contribution is 7.89. The van der Waals surface area contributed by atoms with Crippen LogP contribution < -0.4 is 10.0 Å². The normalized spacial score (nSPS) is 11.7. The standard InChI is InChI=1S/C10H14F2N2O2S/c1-13-4-5-17(15,16)14-7-8-2-3-9(11)6-10(8)12/h2-3,6,13-14H,4-5,7H2,1H3. The largest absolute Gasteiger partial charge is 0.319 e. The Hall–Kier alpha value is -1.05. The lowest BCUT2D eigenvalue weighted by atomic mass is 10.2. The zero-order chi connectivity index (χ0) is 12.9. The molecule has 2 N–H and O–H groups in total. The lowest BCUT2D eigenvalue weighted by Gasteiger charge is -2.07. The maximum Gasteiger partial charge on any atom is 0.213 e. The summed E-state index contributed by atoms with van der Waals surface area (Å²) in [5.74, 6) is -1.54. The van der Waals surface area contributed by atoms with Crippen molar-refractivity contribution in [2.75, 3.05) is 19.3 Å². The van der Waals surface area contributed by atoms with Crippen molar-refractivity contribution < 1.29 is 17.2 Å². The van der Waals surface area contributed by atoms with Crippen LogP contribution in [-0.4, -0.2) is 27.8 Å². The zero-order valence-corrected chi connectivity index (χ0v) is 10.2. The second-order valence-electron chi connectivity index (χ2n) is 3.48. The first kappa shape index (κ1) is 14.0. The van der Waals surface area contributed by atoms with Crippen LogP contribution in [0.25, 0.3) is 0 Å². The molecule has 0 amide bonds. The highest BCUT2D eigenvalue weighted by Crippen LogP contribution is 2.09. The van der Waals surface area contributed by atoms with E-state index in [1.54, 1.807) is 7.05 Å². The molecule has 1 aromatic carbocycles. The molecule has 96 valence electrons. The fourth-order valence-corrected chi connectivity index (χ4v) is 2.15. The Morgan fingerprint density at radius 1 is 1.29 bits per heavy atom. The molecule has 0 unspecified atom stereocenters. The predicted octanol–water partition coefficient (Wildman–Crippen LogP) is 0.604. The number of rotatable bonds is 6. The maximum atomic E-state index is 13.2. The summed E-state index contributed by atoms with van der Waals surface area (Å²) >= 11 is 0. The van der Waals surface area contributed by atoms with E-state index in [9.17, 15) is 17.2 Å². The molecule has 0 saturated carbocycles. The summed E-state index contributed by atoms with van der Waals surface area (Å²) in [6.45, 7) is 0.124. The minimum atomic E-state index is -3.44. The monoisotopic (exact) mass is 264 g/mol. The van der Waals surface area contributed by atoms with Gasteiger partial charge in [-0.15, -0.1) is 0 Å². The van der Waals surface area contributed by atoms with Gasteiger partial charge in [-0.1, -0.05) is 6.07 Å². The van der Waals surface area contributed by atoms with Crippen LogP contribution in [0.2, 0.25) is 0 Å². The van der Waals surface area contributed by atoms with E-state index in [1.165, 1.54) is 6.07 Å². The van der Waals surface area contributed by atoms with Gasteiger partial charge in [-0.3, -0.25) is 0 Å². The summed E-state index contributed by atoms with van der Waals surface area (Å²) in [4.78, 5) is 0. The van der Waals surface area contributed by atoms with Crippen LogP contribution in [0.5, 0.6) is 0 Å². The van der Waals surface area contributed by atoms with Gasteiger partial charge in [0.1, 0.15) is 11.6 Å². The molecule has 0 aromatic heterocycles. The molecule has 1 rings (SSSR count). The Kier molecular flexibility index (Phi) is 4.98. The average Bonchev–Trinajstić information content (AvgIpc) is 2.25. The number of hydrogen-bond donors (Lipinski definition) is 2. The van der Waals surface area contributed by atoms with Crippen LogP contribution in [0, 0.1) is 11.6 Å². The number of halogens is 2. The smallest absolute Gasteiger partial charge is 0.213 e. The zero-order valence-electron chi connectivity index (χ0n) is 9.33. The van der Waals surface area contributed by atoms with Gasteiger partial charge in [0.25, 0.3) is 0 Å². The molecule has 0 aliphatic heterocycles. The van der Waals surface area contributed by atoms with Crippen LogP contribution >= 0.6 is 0 Å². The van der Waals surface area contributed by atoms with Gasteiger partial charge < -0.3 is 5.32 Å². The molecule has 0 saturated heterocycles. The Balaban J connectivity index is 2.61. The molecular formula is C10H14F2N2O2S. The predicted molar refractivity (Wildman–Crippen MR) is 60.9 cm³/mol. The quantitative estimate of drug-likeness (QED) is 0.791. The molecular weight excluding hydrogens is 250 g/mol. The lowest BCUT2D eigenvalue weighted by molar-refractivity contribution is 0.561. The second-order valence-corrected chi connectivity index (χ2v) is 5.41. The Morgan fingerprint density at radius 3 is 2.59 bits per heavy atom. The number of hydrogen-bond acceptors (Lipinski definition) is 3. The summed E-state index contributed by atoms with van der Waals surface area (Å²) in [6, 6.07) is 3.02. The Labute approximate surface area is 99.1 Å². The molecule has 0 atom stereocenters. The van der Waals surface area contributed by atoms with Crippen LogP contribution in [0.15, 0.2) is 18.2 Å². The highest BCUT2D eigenvalue weighted by Gasteiger charge is 2.11. The van der Waals surface area contributed by atoms with Crippen molar-refractivity contribution in [2.45, 2.75) is 6.54 Å². The second kappa shape index (κ2) is 6.04. The van der Waals surface area contributed by atoms with E-state index in [4.69, 9.17) is 0 Å². The fourth-order valence-electron chi connectivity index (χ4n) is 1.16. The van der Waals surface area contributed by atoms with E-state index in [0.717, 1.165) is 12.1 Å². The topological polar surface area (TPSA) is 58.2 Å². The van der Waals surface area contributed by atoms with Gasteiger partial charge in [-0.05, 0) is 13.1 Å². The molecule has 1 aromatic rings. The molecule has 0 fully saturated rings. The van der Waals surface area contributed by atoms with Gasteiger partial charge in [-0.2, -0.15) is 0 Å². The third kappa shape index (κ3) is 4.76. The summed E-state index contributed by atoms with van der Waals surface area (Å²) in [7, 11) is -1.81. The number of nitrogens with one attached hydrogen (secondary N) is 2. The first-order chi connectivity index (χ1) is 7.94. The molecule has 7 heteroatoms. The molecule has 0 bridgehead atoms. The van der Waals surface area contributed by atoms with Gasteiger partial charge in [0, 0.05) is 24.7 Å². The minimum Gasteiger partial charge on any atom is -0.319 e. The van der Waals surface area contributed by atoms with Crippen molar-refractivity contribution in [1.29, 1.82) is 0 Å². The first-order valence-electron chi connectivity index (χ1n) is 5.00. The van der Waals surface area contributed by atoms with E-state index >= 15 is 0 Å². The molecule has 0 aliphatic carbocycles. The maximum absolute atomic E-state index is 13.2. The van der Waals surface area contributed by atoms with Crippen LogP contribution in [0.4, 0.5) is 8.78 Å². The minimum absolute atomic E-state index is 0.0910. The van der Waals surface area contributed by atoms with Crippen molar-refractivity contribution in [2.24, 2.45) is 0 Å². The van der Waals surface area contributed by atoms with Gasteiger partial charge in [-0.25, -0.2) is 21.9 Å². The van der Waals surface area contributed by atoms with Crippen molar-refractivity contribution in [3.05, 3.63) is 35.4 Å². The van der Waals surface area contributed by atoms with E-state index in [2.05, 4.69) is 10.0 Å². The Bertz CT molecular complexity index is 477. The van der Waals surface area contributed by atoms with E-state index in [1.807, 2.05) is 0 Å². The van der Waals surface area contributed by atoms with Gasteiger partial charge in [0.05, 0.1) is 5.75 Å². The van der Waals surface area contributed by atoms with E-state index < -0.39 is 21.7 Å². The third-order valence-corrected chi connectivity index (χ3v) is 3.44. The van der Waals surface area contributed by atoms with Crippen LogP contribution in [0.3, 0.4) is 0 Å². The van der Waals surface area contributed by atoms with Crippen LogP contribution in [-0.2, 0) is 16.6 Å². The molecule has 17 heavy (non-hydrogen) atoms. The highest BCUT2D eigenvalue weighted by atomic mass is 32.2. The van der Waals surface area contributed by atoms with Crippen molar-refractivity contribution >= 4 is 10.0 Å². The third-order valence-electron chi connectivity index (χ3n) is 2.12. The van der Waals surface area contributed by atoms with Gasteiger partial charge >= 0.3 is 0 Å². The van der Waals surface area contributed by atoms with Gasteiger partial charge in [0.15, 0.2) is 0 Å². The SMILES string of the molecule is CNCCS(=O)(=O)NCc1ccc(F)cc1F. The summed E-state index contributed by atoms with van der Waals surface area (Å²) in [6.07, 6.45) is 0.